The average molecular weight is 290 g/mol. The first-order valence-electron chi connectivity index (χ1n) is 7.80. The molecule has 1 aliphatic carbocycles. The topological polar surface area (TPSA) is 64.3 Å². The standard InChI is InChI=1S/C17H26N2O2/c1-11-6-4-5-7-16(11)21-13(3)17(20)19-15-9-8-14(18)10-12(15)2/h8-11,13,16H,4-7,18H2,1-3H3,(H,19,20). The van der Waals surface area contributed by atoms with Gasteiger partial charge in [-0.15, -0.1) is 0 Å². The second-order valence-corrected chi connectivity index (χ2v) is 6.14. The third-order valence-corrected chi connectivity index (χ3v) is 4.29. The van der Waals surface area contributed by atoms with Gasteiger partial charge in [-0.25, -0.2) is 0 Å². The molecule has 2 rings (SSSR count). The lowest BCUT2D eigenvalue weighted by Gasteiger charge is -2.30. The molecule has 0 aliphatic heterocycles. The molecule has 1 aromatic carbocycles. The van der Waals surface area contributed by atoms with Crippen LogP contribution in [-0.2, 0) is 9.53 Å². The van der Waals surface area contributed by atoms with Crippen LogP contribution in [0.1, 0.15) is 45.1 Å². The van der Waals surface area contributed by atoms with Crippen molar-refractivity contribution in [3.05, 3.63) is 23.8 Å². The Balaban J connectivity index is 1.92. The highest BCUT2D eigenvalue weighted by Crippen LogP contribution is 2.27. The van der Waals surface area contributed by atoms with Crippen LogP contribution in [0, 0.1) is 12.8 Å². The number of nitrogens with two attached hydrogens (primary N) is 1. The Labute approximate surface area is 127 Å². The van der Waals surface area contributed by atoms with E-state index in [0.29, 0.717) is 11.6 Å². The molecule has 4 nitrogen and oxygen atoms in total. The monoisotopic (exact) mass is 290 g/mol. The molecule has 1 saturated carbocycles. The summed E-state index contributed by atoms with van der Waals surface area (Å²) in [5, 5.41) is 2.92. The van der Waals surface area contributed by atoms with Crippen LogP contribution in [0.4, 0.5) is 11.4 Å². The maximum absolute atomic E-state index is 12.3. The van der Waals surface area contributed by atoms with Crippen LogP contribution in [-0.4, -0.2) is 18.1 Å². The minimum absolute atomic E-state index is 0.0966. The number of carbonyl (C=O) groups excluding carboxylic acids is 1. The van der Waals surface area contributed by atoms with Crippen molar-refractivity contribution in [1.82, 2.24) is 0 Å². The van der Waals surface area contributed by atoms with Gasteiger partial charge in [0.15, 0.2) is 0 Å². The minimum atomic E-state index is -0.437. The van der Waals surface area contributed by atoms with Gasteiger partial charge in [-0.2, -0.15) is 0 Å². The van der Waals surface area contributed by atoms with Gasteiger partial charge in [0.25, 0.3) is 5.91 Å². The van der Waals surface area contributed by atoms with E-state index in [1.54, 1.807) is 6.07 Å². The van der Waals surface area contributed by atoms with Crippen molar-refractivity contribution in [2.45, 2.75) is 58.7 Å². The lowest BCUT2D eigenvalue weighted by atomic mass is 9.88. The molecule has 1 aromatic rings. The number of hydrogen-bond acceptors (Lipinski definition) is 3. The van der Waals surface area contributed by atoms with Crippen molar-refractivity contribution in [2.24, 2.45) is 5.92 Å². The molecule has 4 heteroatoms. The fourth-order valence-corrected chi connectivity index (χ4v) is 2.87. The summed E-state index contributed by atoms with van der Waals surface area (Å²) in [5.41, 5.74) is 8.17. The van der Waals surface area contributed by atoms with E-state index in [1.807, 2.05) is 26.0 Å². The quantitative estimate of drug-likeness (QED) is 0.834. The van der Waals surface area contributed by atoms with Gasteiger partial charge >= 0.3 is 0 Å². The van der Waals surface area contributed by atoms with Gasteiger partial charge in [-0.05, 0) is 56.4 Å². The SMILES string of the molecule is Cc1cc(N)ccc1NC(=O)C(C)OC1CCCCC1C. The fourth-order valence-electron chi connectivity index (χ4n) is 2.87. The highest BCUT2D eigenvalue weighted by molar-refractivity contribution is 5.94. The van der Waals surface area contributed by atoms with Crippen LogP contribution < -0.4 is 11.1 Å². The number of ether oxygens (including phenoxy) is 1. The smallest absolute Gasteiger partial charge is 0.253 e. The molecule has 1 aliphatic rings. The zero-order valence-corrected chi connectivity index (χ0v) is 13.2. The second kappa shape index (κ2) is 6.94. The van der Waals surface area contributed by atoms with Crippen molar-refractivity contribution >= 4 is 17.3 Å². The minimum Gasteiger partial charge on any atom is -0.399 e. The summed E-state index contributed by atoms with van der Waals surface area (Å²) >= 11 is 0. The number of aryl methyl sites for hydroxylation is 1. The molecule has 3 unspecified atom stereocenters. The number of benzene rings is 1. The Morgan fingerprint density at radius 2 is 2.10 bits per heavy atom. The van der Waals surface area contributed by atoms with Crippen LogP contribution in [0.5, 0.6) is 0 Å². The van der Waals surface area contributed by atoms with E-state index in [0.717, 1.165) is 17.7 Å². The summed E-state index contributed by atoms with van der Waals surface area (Å²) in [6.07, 6.45) is 4.47. The molecular weight excluding hydrogens is 264 g/mol. The van der Waals surface area contributed by atoms with Gasteiger partial charge in [-0.3, -0.25) is 4.79 Å². The summed E-state index contributed by atoms with van der Waals surface area (Å²) in [6.45, 7) is 5.96. The van der Waals surface area contributed by atoms with Crippen molar-refractivity contribution in [2.75, 3.05) is 11.1 Å². The Hall–Kier alpha value is -1.55. The zero-order valence-electron chi connectivity index (χ0n) is 13.2. The van der Waals surface area contributed by atoms with Crippen molar-refractivity contribution < 1.29 is 9.53 Å². The summed E-state index contributed by atoms with van der Waals surface area (Å²) < 4.78 is 5.96. The molecule has 0 saturated heterocycles. The average Bonchev–Trinajstić information content (AvgIpc) is 2.44. The first kappa shape index (κ1) is 15.8. The number of rotatable bonds is 4. The third-order valence-electron chi connectivity index (χ3n) is 4.29. The summed E-state index contributed by atoms with van der Waals surface area (Å²) in [6, 6.07) is 5.47. The molecule has 116 valence electrons. The van der Waals surface area contributed by atoms with Crippen molar-refractivity contribution in [3.8, 4) is 0 Å². The molecule has 0 spiro atoms. The summed E-state index contributed by atoms with van der Waals surface area (Å²) in [7, 11) is 0. The lowest BCUT2D eigenvalue weighted by molar-refractivity contribution is -0.133. The van der Waals surface area contributed by atoms with Gasteiger partial charge in [-0.1, -0.05) is 19.8 Å². The molecule has 1 fully saturated rings. The van der Waals surface area contributed by atoms with E-state index < -0.39 is 6.10 Å². The summed E-state index contributed by atoms with van der Waals surface area (Å²) in [4.78, 5) is 12.3. The van der Waals surface area contributed by atoms with Crippen LogP contribution in [0.15, 0.2) is 18.2 Å². The molecule has 0 radical (unpaired) electrons. The van der Waals surface area contributed by atoms with Crippen LogP contribution in [0.3, 0.4) is 0 Å². The normalized spacial score (nSPS) is 23.6. The molecule has 21 heavy (non-hydrogen) atoms. The summed E-state index contributed by atoms with van der Waals surface area (Å²) in [5.74, 6) is 0.438. The van der Waals surface area contributed by atoms with E-state index >= 15 is 0 Å². The number of nitrogens with one attached hydrogen (secondary N) is 1. The Morgan fingerprint density at radius 1 is 1.38 bits per heavy atom. The molecule has 0 bridgehead atoms. The number of nitrogen functional groups attached to an aromatic ring is 1. The predicted molar refractivity (Wildman–Crippen MR) is 86.2 cm³/mol. The van der Waals surface area contributed by atoms with Crippen LogP contribution in [0.2, 0.25) is 0 Å². The number of carbonyl (C=O) groups is 1. The fraction of sp³-hybridized carbons (Fsp3) is 0.588. The van der Waals surface area contributed by atoms with Crippen LogP contribution >= 0.6 is 0 Å². The maximum Gasteiger partial charge on any atom is 0.253 e. The first-order chi connectivity index (χ1) is 9.97. The van der Waals surface area contributed by atoms with Gasteiger partial charge in [0.05, 0.1) is 6.10 Å². The van der Waals surface area contributed by atoms with E-state index in [4.69, 9.17) is 10.5 Å². The largest absolute Gasteiger partial charge is 0.399 e. The van der Waals surface area contributed by atoms with Gasteiger partial charge in [0.1, 0.15) is 6.10 Å². The van der Waals surface area contributed by atoms with Gasteiger partial charge in [0.2, 0.25) is 0 Å². The Bertz CT molecular complexity index is 502. The Morgan fingerprint density at radius 3 is 2.76 bits per heavy atom. The predicted octanol–water partition coefficient (Wildman–Crippen LogP) is 3.50. The highest BCUT2D eigenvalue weighted by atomic mass is 16.5. The number of anilines is 2. The van der Waals surface area contributed by atoms with Crippen molar-refractivity contribution in [3.63, 3.8) is 0 Å². The highest BCUT2D eigenvalue weighted by Gasteiger charge is 2.26. The number of amides is 1. The van der Waals surface area contributed by atoms with Gasteiger partial charge < -0.3 is 15.8 Å². The molecule has 0 heterocycles. The van der Waals surface area contributed by atoms with Gasteiger partial charge in [0, 0.05) is 11.4 Å². The van der Waals surface area contributed by atoms with E-state index in [2.05, 4.69) is 12.2 Å². The van der Waals surface area contributed by atoms with Crippen LogP contribution in [0.25, 0.3) is 0 Å². The molecule has 3 atom stereocenters. The zero-order chi connectivity index (χ0) is 15.4. The third kappa shape index (κ3) is 4.21. The molecule has 0 aromatic heterocycles. The van der Waals surface area contributed by atoms with Crippen molar-refractivity contribution in [1.29, 1.82) is 0 Å². The molecular formula is C17H26N2O2. The molecule has 3 N–H and O–H groups in total. The molecule has 1 amide bonds. The first-order valence-corrected chi connectivity index (χ1v) is 7.80. The van der Waals surface area contributed by atoms with E-state index in [9.17, 15) is 4.79 Å². The van der Waals surface area contributed by atoms with E-state index in [-0.39, 0.29) is 12.0 Å². The Kier molecular flexibility index (Phi) is 5.23. The second-order valence-electron chi connectivity index (χ2n) is 6.14. The van der Waals surface area contributed by atoms with E-state index in [1.165, 1.54) is 19.3 Å². The number of hydrogen-bond donors (Lipinski definition) is 2. The maximum atomic E-state index is 12.3. The lowest BCUT2D eigenvalue weighted by Crippen LogP contribution is -2.35.